The molecule has 1 fully saturated rings. The standard InChI is InChI=1S/C15H27N5O/c1-10(2)12-13(17-9-18-14(12)20-16)19-15(8-21)6-4-11(3)5-7-15/h9-11,21H,4-8,16H2,1-3H3,(H2,17,18,19,20). The normalized spacial score (nSPS) is 25.9. The lowest BCUT2D eigenvalue weighted by atomic mass is 9.77. The van der Waals surface area contributed by atoms with E-state index in [1.54, 1.807) is 0 Å². The third kappa shape index (κ3) is 3.44. The topological polar surface area (TPSA) is 96.1 Å². The largest absolute Gasteiger partial charge is 0.394 e. The van der Waals surface area contributed by atoms with Gasteiger partial charge in [-0.1, -0.05) is 20.8 Å². The van der Waals surface area contributed by atoms with Crippen molar-refractivity contribution in [2.24, 2.45) is 11.8 Å². The van der Waals surface area contributed by atoms with Crippen LogP contribution in [0.2, 0.25) is 0 Å². The highest BCUT2D eigenvalue weighted by atomic mass is 16.3. The maximum Gasteiger partial charge on any atom is 0.148 e. The van der Waals surface area contributed by atoms with E-state index in [-0.39, 0.29) is 18.1 Å². The molecule has 1 aliphatic carbocycles. The Balaban J connectivity index is 2.29. The summed E-state index contributed by atoms with van der Waals surface area (Å²) in [6.45, 7) is 6.55. The second kappa shape index (κ2) is 6.58. The Morgan fingerprint density at radius 1 is 1.33 bits per heavy atom. The second-order valence-corrected chi connectivity index (χ2v) is 6.53. The number of hydrogen-bond donors (Lipinski definition) is 4. The van der Waals surface area contributed by atoms with Crippen molar-refractivity contribution in [3.05, 3.63) is 11.9 Å². The number of hydrogen-bond acceptors (Lipinski definition) is 6. The first-order chi connectivity index (χ1) is 10.0. The predicted octanol–water partition coefficient (Wildman–Crippen LogP) is 2.24. The molecular weight excluding hydrogens is 266 g/mol. The van der Waals surface area contributed by atoms with Crippen molar-refractivity contribution in [3.8, 4) is 0 Å². The summed E-state index contributed by atoms with van der Waals surface area (Å²) >= 11 is 0. The Labute approximate surface area is 126 Å². The van der Waals surface area contributed by atoms with Crippen molar-refractivity contribution in [1.82, 2.24) is 9.97 Å². The third-order valence-electron chi connectivity index (χ3n) is 4.52. The second-order valence-electron chi connectivity index (χ2n) is 6.53. The molecule has 118 valence electrons. The Bertz CT molecular complexity index is 469. The number of nitrogens with zero attached hydrogens (tertiary/aromatic N) is 2. The smallest absolute Gasteiger partial charge is 0.148 e. The van der Waals surface area contributed by atoms with Gasteiger partial charge in [0.05, 0.1) is 12.1 Å². The van der Waals surface area contributed by atoms with Gasteiger partial charge in [0, 0.05) is 5.56 Å². The van der Waals surface area contributed by atoms with Gasteiger partial charge in [-0.3, -0.25) is 0 Å². The minimum absolute atomic E-state index is 0.118. The number of nitrogen functional groups attached to an aromatic ring is 1. The summed E-state index contributed by atoms with van der Waals surface area (Å²) in [5, 5.41) is 13.4. The Kier molecular flexibility index (Phi) is 5.00. The zero-order valence-electron chi connectivity index (χ0n) is 13.2. The van der Waals surface area contributed by atoms with Gasteiger partial charge in [0.2, 0.25) is 0 Å². The molecule has 1 heterocycles. The molecular formula is C15H27N5O. The summed E-state index contributed by atoms with van der Waals surface area (Å²) in [6, 6.07) is 0. The summed E-state index contributed by atoms with van der Waals surface area (Å²) in [6.07, 6.45) is 5.66. The summed E-state index contributed by atoms with van der Waals surface area (Å²) in [7, 11) is 0. The fraction of sp³-hybridized carbons (Fsp3) is 0.733. The van der Waals surface area contributed by atoms with Crippen LogP contribution in [0.3, 0.4) is 0 Å². The van der Waals surface area contributed by atoms with Crippen LogP contribution in [0, 0.1) is 5.92 Å². The Morgan fingerprint density at radius 2 is 1.95 bits per heavy atom. The van der Waals surface area contributed by atoms with Gasteiger partial charge in [-0.2, -0.15) is 0 Å². The summed E-state index contributed by atoms with van der Waals surface area (Å²) in [5.41, 5.74) is 3.32. The maximum atomic E-state index is 9.90. The first-order valence-corrected chi connectivity index (χ1v) is 7.72. The molecule has 1 aromatic rings. The number of nitrogens with two attached hydrogens (primary N) is 1. The minimum Gasteiger partial charge on any atom is -0.394 e. The van der Waals surface area contributed by atoms with Crippen LogP contribution < -0.4 is 16.6 Å². The van der Waals surface area contributed by atoms with E-state index in [2.05, 4.69) is 41.5 Å². The molecule has 2 rings (SSSR count). The molecule has 0 bridgehead atoms. The van der Waals surface area contributed by atoms with Crippen molar-refractivity contribution in [2.75, 3.05) is 17.3 Å². The van der Waals surface area contributed by atoms with Crippen LogP contribution in [0.15, 0.2) is 6.33 Å². The van der Waals surface area contributed by atoms with Crippen LogP contribution in [-0.2, 0) is 0 Å². The predicted molar refractivity (Wildman–Crippen MR) is 85.0 cm³/mol. The zero-order valence-corrected chi connectivity index (χ0v) is 13.2. The molecule has 0 unspecified atom stereocenters. The first-order valence-electron chi connectivity index (χ1n) is 7.72. The molecule has 1 saturated carbocycles. The van der Waals surface area contributed by atoms with Crippen LogP contribution in [0.1, 0.15) is 57.9 Å². The van der Waals surface area contributed by atoms with E-state index in [0.29, 0.717) is 5.82 Å². The molecule has 0 atom stereocenters. The van der Waals surface area contributed by atoms with Crippen LogP contribution in [0.4, 0.5) is 11.6 Å². The highest BCUT2D eigenvalue weighted by molar-refractivity contribution is 5.59. The monoisotopic (exact) mass is 293 g/mol. The van der Waals surface area contributed by atoms with Crippen molar-refractivity contribution in [1.29, 1.82) is 0 Å². The van der Waals surface area contributed by atoms with E-state index in [1.165, 1.54) is 6.33 Å². The van der Waals surface area contributed by atoms with Gasteiger partial charge >= 0.3 is 0 Å². The lowest BCUT2D eigenvalue weighted by molar-refractivity contribution is 0.155. The van der Waals surface area contributed by atoms with Crippen LogP contribution in [0.5, 0.6) is 0 Å². The molecule has 6 heteroatoms. The molecule has 0 aromatic carbocycles. The minimum atomic E-state index is -0.281. The maximum absolute atomic E-state index is 9.90. The van der Waals surface area contributed by atoms with E-state index in [0.717, 1.165) is 43.0 Å². The molecule has 0 aliphatic heterocycles. The molecule has 0 amide bonds. The molecule has 6 nitrogen and oxygen atoms in total. The van der Waals surface area contributed by atoms with E-state index < -0.39 is 0 Å². The van der Waals surface area contributed by atoms with Crippen molar-refractivity contribution in [2.45, 2.75) is 57.9 Å². The van der Waals surface area contributed by atoms with Gasteiger partial charge in [0.15, 0.2) is 0 Å². The van der Waals surface area contributed by atoms with Crippen molar-refractivity contribution < 1.29 is 5.11 Å². The molecule has 0 radical (unpaired) electrons. The van der Waals surface area contributed by atoms with Gasteiger partial charge in [-0.25, -0.2) is 15.8 Å². The lowest BCUT2D eigenvalue weighted by Gasteiger charge is -2.39. The molecule has 21 heavy (non-hydrogen) atoms. The van der Waals surface area contributed by atoms with E-state index in [4.69, 9.17) is 5.84 Å². The van der Waals surface area contributed by atoms with E-state index in [9.17, 15) is 5.11 Å². The lowest BCUT2D eigenvalue weighted by Crippen LogP contribution is -2.45. The highest BCUT2D eigenvalue weighted by Gasteiger charge is 2.34. The quantitative estimate of drug-likeness (QED) is 0.491. The Hall–Kier alpha value is -1.40. The molecule has 0 saturated heterocycles. The van der Waals surface area contributed by atoms with Crippen LogP contribution in [-0.4, -0.2) is 27.2 Å². The number of rotatable bonds is 5. The zero-order chi connectivity index (χ0) is 15.5. The average Bonchev–Trinajstić information content (AvgIpc) is 2.49. The van der Waals surface area contributed by atoms with E-state index in [1.807, 2.05) is 0 Å². The first kappa shape index (κ1) is 16.0. The molecule has 0 spiro atoms. The fourth-order valence-electron chi connectivity index (χ4n) is 3.05. The number of nitrogens with one attached hydrogen (secondary N) is 2. The van der Waals surface area contributed by atoms with Gasteiger partial charge in [0.25, 0.3) is 0 Å². The SMILES string of the molecule is CC1CCC(CO)(Nc2ncnc(NN)c2C(C)C)CC1. The van der Waals surface area contributed by atoms with Gasteiger partial charge in [-0.05, 0) is 37.5 Å². The molecule has 1 aromatic heterocycles. The highest BCUT2D eigenvalue weighted by Crippen LogP contribution is 2.36. The van der Waals surface area contributed by atoms with Crippen LogP contribution >= 0.6 is 0 Å². The summed E-state index contributed by atoms with van der Waals surface area (Å²) < 4.78 is 0. The van der Waals surface area contributed by atoms with Crippen molar-refractivity contribution >= 4 is 11.6 Å². The van der Waals surface area contributed by atoms with Crippen LogP contribution in [0.25, 0.3) is 0 Å². The average molecular weight is 293 g/mol. The van der Waals surface area contributed by atoms with E-state index >= 15 is 0 Å². The summed E-state index contributed by atoms with van der Waals surface area (Å²) in [5.74, 6) is 7.93. The summed E-state index contributed by atoms with van der Waals surface area (Å²) in [4.78, 5) is 8.57. The van der Waals surface area contributed by atoms with Gasteiger partial charge < -0.3 is 15.8 Å². The van der Waals surface area contributed by atoms with Crippen molar-refractivity contribution in [3.63, 3.8) is 0 Å². The fourth-order valence-corrected chi connectivity index (χ4v) is 3.05. The molecule has 5 N–H and O–H groups in total. The number of anilines is 2. The third-order valence-corrected chi connectivity index (χ3v) is 4.52. The Morgan fingerprint density at radius 3 is 2.48 bits per heavy atom. The number of aliphatic hydroxyl groups is 1. The number of aromatic nitrogens is 2. The van der Waals surface area contributed by atoms with Gasteiger partial charge in [0.1, 0.15) is 18.0 Å². The number of hydrazine groups is 1. The number of aliphatic hydroxyl groups excluding tert-OH is 1. The van der Waals surface area contributed by atoms with Gasteiger partial charge in [-0.15, -0.1) is 0 Å². The molecule has 1 aliphatic rings.